The summed E-state index contributed by atoms with van der Waals surface area (Å²) in [6, 6.07) is 5.89. The van der Waals surface area contributed by atoms with Crippen LogP contribution in [0.25, 0.3) is 5.57 Å². The number of allylic oxidation sites excluding steroid dienone is 2. The summed E-state index contributed by atoms with van der Waals surface area (Å²) in [5.74, 6) is 2.58. The number of likely N-dealkylation sites (tertiary alicyclic amines) is 1. The van der Waals surface area contributed by atoms with Gasteiger partial charge in [-0.15, -0.1) is 11.3 Å². The Morgan fingerprint density at radius 3 is 2.85 bits per heavy atom. The number of piperidine rings is 1. The molecule has 1 aliphatic heterocycles. The highest BCUT2D eigenvalue weighted by Crippen LogP contribution is 2.53. The molecule has 0 spiro atoms. The molecular formula is C33H45N7S. The highest BCUT2D eigenvalue weighted by atomic mass is 32.1. The van der Waals surface area contributed by atoms with E-state index in [9.17, 15) is 10.7 Å². The summed E-state index contributed by atoms with van der Waals surface area (Å²) in [6.45, 7) is 10.1. The van der Waals surface area contributed by atoms with Gasteiger partial charge in [0.15, 0.2) is 0 Å². The molecule has 4 unspecified atom stereocenters. The molecule has 1 saturated heterocycles. The van der Waals surface area contributed by atoms with Gasteiger partial charge in [-0.2, -0.15) is 5.26 Å². The van der Waals surface area contributed by atoms with Gasteiger partial charge in [0.05, 0.1) is 17.6 Å². The van der Waals surface area contributed by atoms with E-state index >= 15 is 0 Å². The van der Waals surface area contributed by atoms with E-state index in [0.717, 1.165) is 103 Å². The van der Waals surface area contributed by atoms with Crippen LogP contribution in [0.15, 0.2) is 22.8 Å². The van der Waals surface area contributed by atoms with Crippen LogP contribution in [-0.2, 0) is 12.8 Å². The Morgan fingerprint density at radius 1 is 1.34 bits per heavy atom. The molecule has 2 aliphatic carbocycles. The van der Waals surface area contributed by atoms with Gasteiger partial charge in [-0.1, -0.05) is 27.2 Å². The van der Waals surface area contributed by atoms with Gasteiger partial charge < -0.3 is 10.3 Å². The highest BCUT2D eigenvalue weighted by Gasteiger charge is 2.57. The maximum Gasteiger partial charge on any atom is 0.136 e. The maximum atomic E-state index is 10.1. The van der Waals surface area contributed by atoms with E-state index in [1.54, 1.807) is 17.7 Å². The second-order valence-electron chi connectivity index (χ2n) is 12.3. The molecule has 8 heteroatoms. The normalized spacial score (nSPS) is 25.9. The molecule has 0 amide bonds. The van der Waals surface area contributed by atoms with E-state index in [4.69, 9.17) is 4.98 Å². The van der Waals surface area contributed by atoms with Crippen LogP contribution in [0.2, 0.25) is 0 Å². The van der Waals surface area contributed by atoms with Gasteiger partial charge in [0.25, 0.3) is 0 Å². The number of nitrogens with zero attached hydrogens (tertiary/aromatic N) is 6. The molecule has 0 bridgehead atoms. The summed E-state index contributed by atoms with van der Waals surface area (Å²) < 4.78 is 0. The molecule has 41 heavy (non-hydrogen) atoms. The maximum absolute atomic E-state index is 10.1. The fraction of sp³-hybridized carbons (Fsp3) is 0.606. The molecule has 1 N–H and O–H groups in total. The number of hydrogen-bond acceptors (Lipinski definition) is 7. The van der Waals surface area contributed by atoms with E-state index in [2.05, 4.69) is 48.6 Å². The van der Waals surface area contributed by atoms with Crippen molar-refractivity contribution in [2.24, 2.45) is 16.8 Å². The van der Waals surface area contributed by atoms with Gasteiger partial charge in [0.2, 0.25) is 0 Å². The molecule has 0 radical (unpaired) electrons. The van der Waals surface area contributed by atoms with Gasteiger partial charge in [-0.3, -0.25) is 4.90 Å². The second-order valence-corrected chi connectivity index (χ2v) is 13.4. The lowest BCUT2D eigenvalue weighted by molar-refractivity contribution is 0.203. The van der Waals surface area contributed by atoms with Gasteiger partial charge in [0, 0.05) is 55.3 Å². The standard InChI is InChI=1S/C33H45N7S/c1-7-10-23(31(35)24-11-9-12-28-30(24)26(18-34)33(41-28)37-19-39(5)6)20(3)27-15-16-36-29(38-27)14-13-22-17-25-21(4)32(25)40(22)8-2/h15-16,19,21-22,24-25,32,35H,7-14,17H2,1-6H3/b23-20+,35-31?,37-19+/t21-,22?,24?,25?,32?/m0/s1. The number of rotatable bonds is 11. The van der Waals surface area contributed by atoms with Gasteiger partial charge in [-0.05, 0) is 86.6 Å². The molecule has 1 saturated carbocycles. The summed E-state index contributed by atoms with van der Waals surface area (Å²) in [5.41, 5.74) is 5.38. The quantitative estimate of drug-likeness (QED) is 0.231. The van der Waals surface area contributed by atoms with Crippen LogP contribution >= 0.6 is 11.3 Å². The number of fused-ring (bicyclic) bond motifs is 2. The Balaban J connectivity index is 1.39. The molecule has 3 aliphatic rings. The lowest BCUT2D eigenvalue weighted by atomic mass is 9.78. The minimum Gasteiger partial charge on any atom is -0.369 e. The Bertz CT molecular complexity index is 1380. The third-order valence-corrected chi connectivity index (χ3v) is 10.6. The van der Waals surface area contributed by atoms with E-state index in [-0.39, 0.29) is 5.92 Å². The summed E-state index contributed by atoms with van der Waals surface area (Å²) in [6.07, 6.45) is 11.6. The number of nitrogens with one attached hydrogen (secondary N) is 1. The zero-order valence-electron chi connectivity index (χ0n) is 25.6. The smallest absolute Gasteiger partial charge is 0.136 e. The Morgan fingerprint density at radius 2 is 2.15 bits per heavy atom. The fourth-order valence-electron chi connectivity index (χ4n) is 7.33. The van der Waals surface area contributed by atoms with Gasteiger partial charge in [-0.25, -0.2) is 15.0 Å². The Labute approximate surface area is 249 Å². The predicted molar refractivity (Wildman–Crippen MR) is 169 cm³/mol. The van der Waals surface area contributed by atoms with Crippen LogP contribution in [0.1, 0.15) is 99.7 Å². The number of nitriles is 1. The fourth-order valence-corrected chi connectivity index (χ4v) is 8.52. The molecular weight excluding hydrogens is 526 g/mol. The molecule has 2 fully saturated rings. The van der Waals surface area contributed by atoms with E-state index in [1.165, 1.54) is 11.3 Å². The summed E-state index contributed by atoms with van der Waals surface area (Å²) in [7, 11) is 3.86. The van der Waals surface area contributed by atoms with Gasteiger partial charge >= 0.3 is 0 Å². The summed E-state index contributed by atoms with van der Waals surface area (Å²) in [4.78, 5) is 20.1. The number of thiophene rings is 1. The van der Waals surface area contributed by atoms with Crippen molar-refractivity contribution in [2.75, 3.05) is 20.6 Å². The monoisotopic (exact) mass is 571 g/mol. The first-order chi connectivity index (χ1) is 19.8. The van der Waals surface area contributed by atoms with Crippen molar-refractivity contribution in [3.63, 3.8) is 0 Å². The third-order valence-electron chi connectivity index (χ3n) is 9.46. The summed E-state index contributed by atoms with van der Waals surface area (Å²) >= 11 is 1.62. The average Bonchev–Trinajstić information content (AvgIpc) is 3.30. The lowest BCUT2D eigenvalue weighted by Gasteiger charge is -2.27. The van der Waals surface area contributed by atoms with Crippen LogP contribution in [0.5, 0.6) is 0 Å². The van der Waals surface area contributed by atoms with Crippen molar-refractivity contribution in [3.05, 3.63) is 45.4 Å². The first-order valence-corrected chi connectivity index (χ1v) is 16.2. The molecule has 2 aromatic rings. The van der Waals surface area contributed by atoms with Crippen LogP contribution in [0.4, 0.5) is 5.00 Å². The minimum absolute atomic E-state index is 0.0815. The van der Waals surface area contributed by atoms with E-state index in [0.29, 0.717) is 17.3 Å². The zero-order valence-corrected chi connectivity index (χ0v) is 26.4. The van der Waals surface area contributed by atoms with Crippen molar-refractivity contribution in [1.29, 1.82) is 10.7 Å². The molecule has 0 aromatic carbocycles. The van der Waals surface area contributed by atoms with Crippen LogP contribution in [0, 0.1) is 28.6 Å². The first-order valence-electron chi connectivity index (χ1n) is 15.4. The van der Waals surface area contributed by atoms with Crippen molar-refractivity contribution in [3.8, 4) is 6.07 Å². The van der Waals surface area contributed by atoms with Crippen LogP contribution in [-0.4, -0.2) is 64.5 Å². The first kappa shape index (κ1) is 29.6. The van der Waals surface area contributed by atoms with Crippen molar-refractivity contribution >= 4 is 34.0 Å². The molecule has 5 atom stereocenters. The molecule has 3 heterocycles. The van der Waals surface area contributed by atoms with Gasteiger partial charge in [0.1, 0.15) is 16.9 Å². The van der Waals surface area contributed by atoms with Crippen molar-refractivity contribution in [1.82, 2.24) is 19.8 Å². The van der Waals surface area contributed by atoms with E-state index < -0.39 is 0 Å². The Kier molecular flexibility index (Phi) is 9.06. The number of aliphatic imine (C=N–C) groups is 1. The van der Waals surface area contributed by atoms with Crippen molar-refractivity contribution < 1.29 is 0 Å². The molecule has 2 aromatic heterocycles. The largest absolute Gasteiger partial charge is 0.369 e. The highest BCUT2D eigenvalue weighted by molar-refractivity contribution is 7.16. The predicted octanol–water partition coefficient (Wildman–Crippen LogP) is 7.01. The molecule has 5 rings (SSSR count). The van der Waals surface area contributed by atoms with Crippen molar-refractivity contribution in [2.45, 2.75) is 97.1 Å². The Hall–Kier alpha value is -2.89. The van der Waals surface area contributed by atoms with Crippen LogP contribution in [0.3, 0.4) is 0 Å². The SMILES string of the molecule is CCC/C(C(=N)C1CCCc2sc(/N=C/N(C)C)c(C#N)c21)=C(/C)c1ccnc(CCC2CC3C([C@H]3C)N2CC)n1. The third kappa shape index (κ3) is 5.89. The number of aryl methyl sites for hydroxylation is 2. The summed E-state index contributed by atoms with van der Waals surface area (Å²) in [5, 5.41) is 20.4. The average molecular weight is 572 g/mol. The molecule has 218 valence electrons. The van der Waals surface area contributed by atoms with Crippen LogP contribution < -0.4 is 0 Å². The lowest BCUT2D eigenvalue weighted by Crippen LogP contribution is -2.34. The zero-order chi connectivity index (χ0) is 29.3. The number of aromatic nitrogens is 2. The second kappa shape index (κ2) is 12.5. The topological polar surface area (TPSA) is 92.3 Å². The minimum atomic E-state index is -0.0815. The number of hydrogen-bond donors (Lipinski definition) is 1. The van der Waals surface area contributed by atoms with E-state index in [1.807, 2.05) is 31.3 Å². The molecule has 7 nitrogen and oxygen atoms in total.